The highest BCUT2D eigenvalue weighted by Gasteiger charge is 2.16. The Balaban J connectivity index is 2.43. The van der Waals surface area contributed by atoms with Gasteiger partial charge in [-0.05, 0) is 44.8 Å². The summed E-state index contributed by atoms with van der Waals surface area (Å²) in [5, 5.41) is 4.45. The van der Waals surface area contributed by atoms with Crippen molar-refractivity contribution in [2.45, 2.75) is 46.6 Å². The van der Waals surface area contributed by atoms with Crippen LogP contribution in [0, 0.1) is 17.6 Å². The average Bonchev–Trinajstić information content (AvgIpc) is 2.74. The molecule has 0 aliphatic carbocycles. The lowest BCUT2D eigenvalue weighted by atomic mass is 10.0. The number of hydrogen-bond acceptors (Lipinski definition) is 2. The summed E-state index contributed by atoms with van der Waals surface area (Å²) < 4.78 is 4.92. The zero-order valence-corrected chi connectivity index (χ0v) is 12.6. The van der Waals surface area contributed by atoms with Crippen molar-refractivity contribution in [3.63, 3.8) is 0 Å². The van der Waals surface area contributed by atoms with E-state index in [4.69, 9.17) is 12.2 Å². The number of imidazole rings is 1. The molecule has 2 aromatic heterocycles. The summed E-state index contributed by atoms with van der Waals surface area (Å²) in [4.78, 5) is 3.28. The van der Waals surface area contributed by atoms with Gasteiger partial charge in [0.1, 0.15) is 5.52 Å². The van der Waals surface area contributed by atoms with Crippen LogP contribution in [0.4, 0.5) is 0 Å². The Morgan fingerprint density at radius 2 is 1.94 bits per heavy atom. The van der Waals surface area contributed by atoms with Crippen LogP contribution in [0.25, 0.3) is 11.2 Å². The fraction of sp³-hybridized carbons (Fsp3) is 0.692. The standard InChI is InChI=1S/C13H22N4S/c1-8(2)6-7-9(3)17-12-11(14-13(17)18)10(4)15-16(12)5/h8-9H,6-7H2,1-5H3,(H,14,18). The van der Waals surface area contributed by atoms with Crippen LogP contribution in [-0.4, -0.2) is 19.3 Å². The van der Waals surface area contributed by atoms with E-state index in [1.54, 1.807) is 0 Å². The lowest BCUT2D eigenvalue weighted by Crippen LogP contribution is -2.09. The Kier molecular flexibility index (Phi) is 3.61. The molecule has 5 heteroatoms. The SMILES string of the molecule is Cc1nn(C)c2c1[nH]c(=S)n2C(C)CCC(C)C. The van der Waals surface area contributed by atoms with Crippen molar-refractivity contribution in [3.8, 4) is 0 Å². The number of aromatic amines is 1. The van der Waals surface area contributed by atoms with E-state index in [2.05, 4.69) is 35.4 Å². The zero-order valence-electron chi connectivity index (χ0n) is 11.8. The van der Waals surface area contributed by atoms with Crippen LogP contribution in [0.15, 0.2) is 0 Å². The highest BCUT2D eigenvalue weighted by Crippen LogP contribution is 2.24. The molecule has 2 aromatic rings. The first-order chi connectivity index (χ1) is 8.41. The minimum absolute atomic E-state index is 0.406. The number of nitrogens with zero attached hydrogens (tertiary/aromatic N) is 3. The van der Waals surface area contributed by atoms with E-state index in [-0.39, 0.29) is 0 Å². The minimum Gasteiger partial charge on any atom is -0.328 e. The molecule has 0 aliphatic heterocycles. The fourth-order valence-corrected chi connectivity index (χ4v) is 2.81. The Bertz CT molecular complexity index is 602. The fourth-order valence-electron chi connectivity index (χ4n) is 2.44. The highest BCUT2D eigenvalue weighted by atomic mass is 32.1. The summed E-state index contributed by atoms with van der Waals surface area (Å²) in [5.74, 6) is 0.726. The number of aromatic nitrogens is 4. The summed E-state index contributed by atoms with van der Waals surface area (Å²) in [6.45, 7) is 8.75. The molecule has 2 heterocycles. The second kappa shape index (κ2) is 4.88. The van der Waals surface area contributed by atoms with Crippen LogP contribution in [0.3, 0.4) is 0 Å². The lowest BCUT2D eigenvalue weighted by Gasteiger charge is -2.15. The molecule has 1 N–H and O–H groups in total. The summed E-state index contributed by atoms with van der Waals surface area (Å²) >= 11 is 5.45. The molecule has 1 atom stereocenters. The van der Waals surface area contributed by atoms with Gasteiger partial charge in [0, 0.05) is 13.1 Å². The van der Waals surface area contributed by atoms with Crippen molar-refractivity contribution in [1.29, 1.82) is 0 Å². The van der Waals surface area contributed by atoms with Gasteiger partial charge in [-0.25, -0.2) is 0 Å². The predicted octanol–water partition coefficient (Wildman–Crippen LogP) is 3.74. The van der Waals surface area contributed by atoms with Gasteiger partial charge in [0.25, 0.3) is 0 Å². The molecule has 2 rings (SSSR count). The first-order valence-electron chi connectivity index (χ1n) is 6.55. The van der Waals surface area contributed by atoms with E-state index in [0.29, 0.717) is 6.04 Å². The summed E-state index contributed by atoms with van der Waals surface area (Å²) in [6, 6.07) is 0.406. The van der Waals surface area contributed by atoms with Crippen LogP contribution < -0.4 is 0 Å². The van der Waals surface area contributed by atoms with E-state index in [9.17, 15) is 0 Å². The Morgan fingerprint density at radius 3 is 2.56 bits per heavy atom. The molecule has 100 valence electrons. The molecule has 0 radical (unpaired) electrons. The van der Waals surface area contributed by atoms with Crippen molar-refractivity contribution in [3.05, 3.63) is 10.5 Å². The molecule has 18 heavy (non-hydrogen) atoms. The van der Waals surface area contributed by atoms with E-state index < -0.39 is 0 Å². The third-order valence-corrected chi connectivity index (χ3v) is 3.77. The molecule has 0 amide bonds. The van der Waals surface area contributed by atoms with E-state index >= 15 is 0 Å². The molecule has 0 spiro atoms. The number of rotatable bonds is 4. The summed E-state index contributed by atoms with van der Waals surface area (Å²) in [5.41, 5.74) is 3.18. The second-order valence-corrected chi connectivity index (χ2v) is 5.91. The van der Waals surface area contributed by atoms with Crippen molar-refractivity contribution >= 4 is 23.4 Å². The molecular weight excluding hydrogens is 244 g/mol. The van der Waals surface area contributed by atoms with Gasteiger partial charge in [0.05, 0.1) is 5.69 Å². The Morgan fingerprint density at radius 1 is 1.28 bits per heavy atom. The molecule has 0 bridgehead atoms. The maximum absolute atomic E-state index is 5.45. The minimum atomic E-state index is 0.406. The molecule has 0 saturated carbocycles. The summed E-state index contributed by atoms with van der Waals surface area (Å²) in [7, 11) is 1.98. The van der Waals surface area contributed by atoms with E-state index in [1.165, 1.54) is 6.42 Å². The third-order valence-electron chi connectivity index (χ3n) is 3.47. The topological polar surface area (TPSA) is 38.5 Å². The molecule has 4 nitrogen and oxygen atoms in total. The maximum Gasteiger partial charge on any atom is 0.179 e. The number of fused-ring (bicyclic) bond motifs is 1. The van der Waals surface area contributed by atoms with Crippen molar-refractivity contribution in [1.82, 2.24) is 19.3 Å². The van der Waals surface area contributed by atoms with Gasteiger partial charge in [-0.15, -0.1) is 0 Å². The normalized spacial score (nSPS) is 13.7. The number of H-pyrrole nitrogens is 1. The lowest BCUT2D eigenvalue weighted by molar-refractivity contribution is 0.439. The van der Waals surface area contributed by atoms with Gasteiger partial charge in [-0.2, -0.15) is 5.10 Å². The van der Waals surface area contributed by atoms with Gasteiger partial charge in [0.15, 0.2) is 10.4 Å². The van der Waals surface area contributed by atoms with Crippen molar-refractivity contribution in [2.75, 3.05) is 0 Å². The van der Waals surface area contributed by atoms with Crippen LogP contribution in [-0.2, 0) is 7.05 Å². The number of nitrogens with one attached hydrogen (secondary N) is 1. The largest absolute Gasteiger partial charge is 0.328 e. The van der Waals surface area contributed by atoms with Gasteiger partial charge in [0.2, 0.25) is 0 Å². The first kappa shape index (κ1) is 13.3. The second-order valence-electron chi connectivity index (χ2n) is 5.53. The molecule has 0 aliphatic rings. The van der Waals surface area contributed by atoms with Gasteiger partial charge in [-0.3, -0.25) is 9.25 Å². The molecular formula is C13H22N4S. The first-order valence-corrected chi connectivity index (χ1v) is 6.96. The van der Waals surface area contributed by atoms with Crippen LogP contribution in [0.1, 0.15) is 45.3 Å². The number of hydrogen-bond donors (Lipinski definition) is 1. The van der Waals surface area contributed by atoms with E-state index in [1.807, 2.05) is 18.7 Å². The summed E-state index contributed by atoms with van der Waals surface area (Å²) in [6.07, 6.45) is 2.36. The third kappa shape index (κ3) is 2.23. The van der Waals surface area contributed by atoms with Gasteiger partial charge in [-0.1, -0.05) is 13.8 Å². The van der Waals surface area contributed by atoms with Crippen LogP contribution in [0.5, 0.6) is 0 Å². The highest BCUT2D eigenvalue weighted by molar-refractivity contribution is 7.71. The number of aryl methyl sites for hydroxylation is 2. The molecule has 0 aromatic carbocycles. The Hall–Kier alpha value is -1.10. The monoisotopic (exact) mass is 266 g/mol. The zero-order chi connectivity index (χ0) is 13.4. The average molecular weight is 266 g/mol. The molecule has 1 unspecified atom stereocenters. The van der Waals surface area contributed by atoms with Crippen LogP contribution >= 0.6 is 12.2 Å². The van der Waals surface area contributed by atoms with Crippen LogP contribution in [0.2, 0.25) is 0 Å². The van der Waals surface area contributed by atoms with Crippen molar-refractivity contribution in [2.24, 2.45) is 13.0 Å². The van der Waals surface area contributed by atoms with Crippen molar-refractivity contribution < 1.29 is 0 Å². The smallest absolute Gasteiger partial charge is 0.179 e. The molecule has 0 fully saturated rings. The Labute approximate surface area is 113 Å². The predicted molar refractivity (Wildman–Crippen MR) is 77.4 cm³/mol. The molecule has 0 saturated heterocycles. The van der Waals surface area contributed by atoms with E-state index in [0.717, 1.165) is 34.0 Å². The quantitative estimate of drug-likeness (QED) is 0.856. The van der Waals surface area contributed by atoms with Gasteiger partial charge < -0.3 is 4.98 Å². The van der Waals surface area contributed by atoms with Gasteiger partial charge >= 0.3 is 0 Å². The maximum atomic E-state index is 5.45.